The van der Waals surface area contributed by atoms with Crippen molar-refractivity contribution in [3.63, 3.8) is 0 Å². The summed E-state index contributed by atoms with van der Waals surface area (Å²) in [6.07, 6.45) is 0.589. The van der Waals surface area contributed by atoms with E-state index < -0.39 is 29.1 Å². The van der Waals surface area contributed by atoms with Gasteiger partial charge in [0.15, 0.2) is 5.78 Å². The first-order chi connectivity index (χ1) is 10.4. The Bertz CT molecular complexity index is 631. The Balaban J connectivity index is 3.10. The number of carbonyl (C=O) groups excluding carboxylic acids is 3. The van der Waals surface area contributed by atoms with Crippen LogP contribution in [0.25, 0.3) is 6.08 Å². The number of non-ortho nitro benzene ring substituents is 1. The molecule has 1 rings (SSSR count). The lowest BCUT2D eigenvalue weighted by atomic mass is 10.0. The van der Waals surface area contributed by atoms with Gasteiger partial charge in [-0.15, -0.1) is 0 Å². The van der Waals surface area contributed by atoms with E-state index in [4.69, 9.17) is 0 Å². The first-order valence-corrected chi connectivity index (χ1v) is 6.03. The Kier molecular flexibility index (Phi) is 5.94. The quantitative estimate of drug-likeness (QED) is 0.194. The lowest BCUT2D eigenvalue weighted by Crippen LogP contribution is -2.18. The number of rotatable bonds is 6. The van der Waals surface area contributed by atoms with E-state index >= 15 is 0 Å². The summed E-state index contributed by atoms with van der Waals surface area (Å²) < 4.78 is 8.86. The maximum atomic E-state index is 11.9. The highest BCUT2D eigenvalue weighted by Gasteiger charge is 2.22. The number of esters is 2. The van der Waals surface area contributed by atoms with Crippen molar-refractivity contribution in [1.82, 2.24) is 0 Å². The fraction of sp³-hybridized carbons (Fsp3) is 0.214. The van der Waals surface area contributed by atoms with Crippen LogP contribution in [0.1, 0.15) is 12.0 Å². The van der Waals surface area contributed by atoms with Crippen molar-refractivity contribution in [3.05, 3.63) is 45.5 Å². The maximum absolute atomic E-state index is 11.9. The predicted octanol–water partition coefficient (Wildman–Crippen LogP) is 1.28. The molecule has 116 valence electrons. The summed E-state index contributed by atoms with van der Waals surface area (Å²) in [7, 11) is 2.21. The molecule has 0 atom stereocenters. The van der Waals surface area contributed by atoms with E-state index in [9.17, 15) is 24.5 Å². The van der Waals surface area contributed by atoms with E-state index in [0.29, 0.717) is 5.56 Å². The molecule has 0 amide bonds. The van der Waals surface area contributed by atoms with Crippen LogP contribution < -0.4 is 0 Å². The van der Waals surface area contributed by atoms with Crippen LogP contribution in [0, 0.1) is 10.1 Å². The SMILES string of the molecule is COC(=O)CC(=O)C(=Cc1ccc([N+](=O)[O-])cc1)C(=O)OC. The largest absolute Gasteiger partial charge is 0.469 e. The number of nitro benzene ring substituents is 1. The van der Waals surface area contributed by atoms with Crippen molar-refractivity contribution in [2.45, 2.75) is 6.42 Å². The molecule has 0 saturated heterocycles. The van der Waals surface area contributed by atoms with Crippen LogP contribution in [0.4, 0.5) is 5.69 Å². The second-order valence-electron chi connectivity index (χ2n) is 4.07. The third kappa shape index (κ3) is 4.51. The molecule has 0 aliphatic carbocycles. The topological polar surface area (TPSA) is 113 Å². The minimum absolute atomic E-state index is 0.127. The van der Waals surface area contributed by atoms with Crippen LogP contribution in [0.2, 0.25) is 0 Å². The third-order valence-corrected chi connectivity index (χ3v) is 2.65. The van der Waals surface area contributed by atoms with Crippen LogP contribution in [0.3, 0.4) is 0 Å². The maximum Gasteiger partial charge on any atom is 0.341 e. The molecular formula is C14H13NO7. The van der Waals surface area contributed by atoms with Gasteiger partial charge in [0.25, 0.3) is 5.69 Å². The summed E-state index contributed by atoms with van der Waals surface area (Å²) in [5.41, 5.74) is -0.0939. The van der Waals surface area contributed by atoms with Crippen molar-refractivity contribution in [3.8, 4) is 0 Å². The van der Waals surface area contributed by atoms with E-state index in [-0.39, 0.29) is 11.3 Å². The average Bonchev–Trinajstić information content (AvgIpc) is 2.51. The summed E-state index contributed by atoms with van der Waals surface area (Å²) >= 11 is 0. The Morgan fingerprint density at radius 2 is 1.73 bits per heavy atom. The number of Topliss-reactive ketones (excluding diaryl/α,β-unsaturated/α-hetero) is 1. The Hall–Kier alpha value is -3.03. The highest BCUT2D eigenvalue weighted by atomic mass is 16.6. The van der Waals surface area contributed by atoms with Gasteiger partial charge in [0, 0.05) is 12.1 Å². The molecular weight excluding hydrogens is 294 g/mol. The van der Waals surface area contributed by atoms with Crippen LogP contribution in [0.5, 0.6) is 0 Å². The zero-order valence-corrected chi connectivity index (χ0v) is 11.9. The molecule has 0 saturated carbocycles. The van der Waals surface area contributed by atoms with Crippen LogP contribution >= 0.6 is 0 Å². The molecule has 8 nitrogen and oxygen atoms in total. The minimum Gasteiger partial charge on any atom is -0.469 e. The number of ketones is 1. The highest BCUT2D eigenvalue weighted by molar-refractivity contribution is 6.23. The Morgan fingerprint density at radius 1 is 1.14 bits per heavy atom. The molecule has 1 aromatic carbocycles. The van der Waals surface area contributed by atoms with Gasteiger partial charge in [-0.1, -0.05) is 0 Å². The molecule has 0 aromatic heterocycles. The van der Waals surface area contributed by atoms with Gasteiger partial charge < -0.3 is 9.47 Å². The van der Waals surface area contributed by atoms with Crippen molar-refractivity contribution in [1.29, 1.82) is 0 Å². The molecule has 8 heteroatoms. The molecule has 0 aliphatic heterocycles. The molecule has 0 radical (unpaired) electrons. The van der Waals surface area contributed by atoms with Crippen LogP contribution in [-0.2, 0) is 23.9 Å². The third-order valence-electron chi connectivity index (χ3n) is 2.65. The summed E-state index contributed by atoms with van der Waals surface area (Å²) in [6, 6.07) is 5.19. The number of hydrogen-bond acceptors (Lipinski definition) is 7. The highest BCUT2D eigenvalue weighted by Crippen LogP contribution is 2.16. The molecule has 0 bridgehead atoms. The Morgan fingerprint density at radius 3 is 2.18 bits per heavy atom. The summed E-state index contributed by atoms with van der Waals surface area (Å²) in [6.45, 7) is 0. The second kappa shape index (κ2) is 7.67. The van der Waals surface area contributed by atoms with Crippen LogP contribution in [0.15, 0.2) is 29.8 Å². The molecule has 0 spiro atoms. The number of carbonyl (C=O) groups is 3. The normalized spacial score (nSPS) is 10.7. The van der Waals surface area contributed by atoms with Crippen molar-refractivity contribution >= 4 is 29.5 Å². The van der Waals surface area contributed by atoms with Gasteiger partial charge in [-0.05, 0) is 23.8 Å². The monoisotopic (exact) mass is 307 g/mol. The fourth-order valence-corrected chi connectivity index (χ4v) is 1.52. The second-order valence-corrected chi connectivity index (χ2v) is 4.07. The summed E-state index contributed by atoms with van der Waals surface area (Å²) in [5.74, 6) is -2.46. The zero-order chi connectivity index (χ0) is 16.7. The number of methoxy groups -OCH3 is 2. The molecule has 22 heavy (non-hydrogen) atoms. The minimum atomic E-state index is -0.910. The zero-order valence-electron chi connectivity index (χ0n) is 11.9. The summed E-state index contributed by atoms with van der Waals surface area (Å²) in [4.78, 5) is 44.6. The molecule has 0 unspecified atom stereocenters. The smallest absolute Gasteiger partial charge is 0.341 e. The van der Waals surface area contributed by atoms with Crippen LogP contribution in [-0.4, -0.2) is 36.9 Å². The number of nitrogens with zero attached hydrogens (tertiary/aromatic N) is 1. The van der Waals surface area contributed by atoms with Gasteiger partial charge in [0.05, 0.1) is 19.1 Å². The number of benzene rings is 1. The average molecular weight is 307 g/mol. The molecule has 0 N–H and O–H groups in total. The van der Waals surface area contributed by atoms with E-state index in [1.165, 1.54) is 30.3 Å². The van der Waals surface area contributed by atoms with Crippen molar-refractivity contribution in [2.75, 3.05) is 14.2 Å². The lowest BCUT2D eigenvalue weighted by Gasteiger charge is -2.04. The van der Waals surface area contributed by atoms with Gasteiger partial charge in [0.2, 0.25) is 0 Å². The van der Waals surface area contributed by atoms with Gasteiger partial charge in [-0.2, -0.15) is 0 Å². The standard InChI is InChI=1S/C14H13NO7/c1-21-13(17)8-12(16)11(14(18)22-2)7-9-3-5-10(6-4-9)15(19)20/h3-7H,8H2,1-2H3. The number of ether oxygens (including phenoxy) is 2. The van der Waals surface area contributed by atoms with E-state index in [1.807, 2.05) is 0 Å². The first-order valence-electron chi connectivity index (χ1n) is 6.03. The van der Waals surface area contributed by atoms with E-state index in [2.05, 4.69) is 9.47 Å². The van der Waals surface area contributed by atoms with Gasteiger partial charge in [-0.3, -0.25) is 19.7 Å². The summed E-state index contributed by atoms with van der Waals surface area (Å²) in [5, 5.41) is 10.6. The molecule has 0 heterocycles. The fourth-order valence-electron chi connectivity index (χ4n) is 1.52. The molecule has 0 aliphatic rings. The van der Waals surface area contributed by atoms with Crippen molar-refractivity contribution < 1.29 is 28.8 Å². The molecule has 0 fully saturated rings. The first kappa shape index (κ1) is 17.0. The number of hydrogen-bond donors (Lipinski definition) is 0. The van der Waals surface area contributed by atoms with E-state index in [0.717, 1.165) is 14.2 Å². The van der Waals surface area contributed by atoms with Gasteiger partial charge >= 0.3 is 11.9 Å². The number of nitro groups is 1. The lowest BCUT2D eigenvalue weighted by molar-refractivity contribution is -0.384. The van der Waals surface area contributed by atoms with Gasteiger partial charge in [-0.25, -0.2) is 4.79 Å². The Labute approximate surface area is 125 Å². The molecule has 1 aromatic rings. The van der Waals surface area contributed by atoms with E-state index in [1.54, 1.807) is 0 Å². The predicted molar refractivity (Wildman–Crippen MR) is 74.7 cm³/mol. The van der Waals surface area contributed by atoms with Gasteiger partial charge in [0.1, 0.15) is 12.0 Å². The van der Waals surface area contributed by atoms with Crippen molar-refractivity contribution in [2.24, 2.45) is 0 Å².